The molecule has 0 aliphatic carbocycles. The van der Waals surface area contributed by atoms with E-state index in [1.54, 1.807) is 14.2 Å². The van der Waals surface area contributed by atoms with Gasteiger partial charge in [0.1, 0.15) is 5.92 Å². The first kappa shape index (κ1) is 16.8. The minimum absolute atomic E-state index is 0.0103. The molecule has 0 radical (unpaired) electrons. The molecule has 0 aliphatic rings. The van der Waals surface area contributed by atoms with Gasteiger partial charge in [0, 0.05) is 6.54 Å². The van der Waals surface area contributed by atoms with Crippen molar-refractivity contribution in [3.63, 3.8) is 0 Å². The number of hydrogen-bond acceptors (Lipinski definition) is 4. The average Bonchev–Trinajstić information content (AvgIpc) is 2.47. The molecule has 1 atom stereocenters. The number of rotatable bonds is 7. The quantitative estimate of drug-likeness (QED) is 0.835. The van der Waals surface area contributed by atoms with Gasteiger partial charge >= 0.3 is 0 Å². The molecule has 0 heterocycles. The largest absolute Gasteiger partial charge is 0.493 e. The Balaban J connectivity index is 2.57. The van der Waals surface area contributed by atoms with Crippen LogP contribution in [-0.4, -0.2) is 26.7 Å². The second kappa shape index (κ2) is 8.15. The topological polar surface area (TPSA) is 71.3 Å². The molecule has 0 spiro atoms. The fourth-order valence-electron chi connectivity index (χ4n) is 1.99. The minimum atomic E-state index is -0.601. The van der Waals surface area contributed by atoms with Gasteiger partial charge in [-0.15, -0.1) is 0 Å². The van der Waals surface area contributed by atoms with E-state index < -0.39 is 5.92 Å². The van der Waals surface area contributed by atoms with Crippen molar-refractivity contribution in [2.45, 2.75) is 20.3 Å². The van der Waals surface area contributed by atoms with Crippen LogP contribution in [0.25, 0.3) is 0 Å². The van der Waals surface area contributed by atoms with Gasteiger partial charge in [-0.3, -0.25) is 4.79 Å². The first-order chi connectivity index (χ1) is 10.0. The lowest BCUT2D eigenvalue weighted by molar-refractivity contribution is -0.124. The summed E-state index contributed by atoms with van der Waals surface area (Å²) in [4.78, 5) is 11.9. The highest BCUT2D eigenvalue weighted by Crippen LogP contribution is 2.27. The van der Waals surface area contributed by atoms with Crippen LogP contribution in [-0.2, 0) is 11.2 Å². The van der Waals surface area contributed by atoms with Crippen molar-refractivity contribution < 1.29 is 14.3 Å². The highest BCUT2D eigenvalue weighted by atomic mass is 16.5. The minimum Gasteiger partial charge on any atom is -0.493 e. The lowest BCUT2D eigenvalue weighted by atomic mass is 9.96. The number of nitrogens with zero attached hydrogens (tertiary/aromatic N) is 1. The predicted octanol–water partition coefficient (Wildman–Crippen LogP) is 2.16. The van der Waals surface area contributed by atoms with Gasteiger partial charge in [0.2, 0.25) is 5.91 Å². The summed E-state index contributed by atoms with van der Waals surface area (Å²) in [5.41, 5.74) is 1.03. The smallest absolute Gasteiger partial charge is 0.237 e. The van der Waals surface area contributed by atoms with E-state index in [1.165, 1.54) is 0 Å². The van der Waals surface area contributed by atoms with Crippen LogP contribution in [0.3, 0.4) is 0 Å². The SMILES string of the molecule is COc1ccc(CCNC(=O)C(C#N)C(C)C)cc1OC. The molecule has 1 amide bonds. The molecule has 1 aromatic carbocycles. The first-order valence-electron chi connectivity index (χ1n) is 6.91. The summed E-state index contributed by atoms with van der Waals surface area (Å²) < 4.78 is 10.4. The Kier molecular flexibility index (Phi) is 6.54. The molecule has 114 valence electrons. The molecule has 5 nitrogen and oxygen atoms in total. The van der Waals surface area contributed by atoms with Crippen molar-refractivity contribution in [2.24, 2.45) is 11.8 Å². The molecule has 0 aromatic heterocycles. The van der Waals surface area contributed by atoms with Crippen LogP contribution in [0.1, 0.15) is 19.4 Å². The van der Waals surface area contributed by atoms with Crippen molar-refractivity contribution >= 4 is 5.91 Å². The van der Waals surface area contributed by atoms with E-state index in [0.717, 1.165) is 5.56 Å². The molecule has 1 aromatic rings. The predicted molar refractivity (Wildman–Crippen MR) is 80.2 cm³/mol. The zero-order valence-corrected chi connectivity index (χ0v) is 13.0. The average molecular weight is 290 g/mol. The third-order valence-corrected chi connectivity index (χ3v) is 3.25. The van der Waals surface area contributed by atoms with Crippen LogP contribution < -0.4 is 14.8 Å². The number of carbonyl (C=O) groups is 1. The molecule has 0 saturated heterocycles. The molecule has 1 N–H and O–H groups in total. The van der Waals surface area contributed by atoms with Crippen LogP contribution in [0.4, 0.5) is 0 Å². The molecule has 21 heavy (non-hydrogen) atoms. The van der Waals surface area contributed by atoms with Crippen molar-refractivity contribution in [2.75, 3.05) is 20.8 Å². The number of hydrogen-bond donors (Lipinski definition) is 1. The number of nitriles is 1. The molecule has 0 saturated carbocycles. The number of benzene rings is 1. The molecular formula is C16H22N2O3. The third-order valence-electron chi connectivity index (χ3n) is 3.25. The van der Waals surface area contributed by atoms with E-state index in [4.69, 9.17) is 14.7 Å². The van der Waals surface area contributed by atoms with E-state index in [-0.39, 0.29) is 11.8 Å². The molecule has 0 bridgehead atoms. The fourth-order valence-corrected chi connectivity index (χ4v) is 1.99. The zero-order valence-electron chi connectivity index (χ0n) is 13.0. The van der Waals surface area contributed by atoms with Crippen LogP contribution >= 0.6 is 0 Å². The summed E-state index contributed by atoms with van der Waals surface area (Å²) in [7, 11) is 3.18. The van der Waals surface area contributed by atoms with Gasteiger partial charge in [-0.05, 0) is 30.0 Å². The van der Waals surface area contributed by atoms with Crippen molar-refractivity contribution in [3.8, 4) is 17.6 Å². The number of amides is 1. The second-order valence-corrected chi connectivity index (χ2v) is 5.08. The summed E-state index contributed by atoms with van der Waals surface area (Å²) in [5.74, 6) is 0.535. The fraction of sp³-hybridized carbons (Fsp3) is 0.500. The number of nitrogens with one attached hydrogen (secondary N) is 1. The normalized spacial score (nSPS) is 11.6. The zero-order chi connectivity index (χ0) is 15.8. The van der Waals surface area contributed by atoms with Gasteiger partial charge in [0.25, 0.3) is 0 Å². The van der Waals surface area contributed by atoms with Crippen molar-refractivity contribution in [3.05, 3.63) is 23.8 Å². The molecule has 5 heteroatoms. The van der Waals surface area contributed by atoms with Crippen LogP contribution in [0.2, 0.25) is 0 Å². The lowest BCUT2D eigenvalue weighted by Gasteiger charge is -2.13. The maximum absolute atomic E-state index is 11.9. The number of ether oxygens (including phenoxy) is 2. The maximum atomic E-state index is 11.9. The summed E-state index contributed by atoms with van der Waals surface area (Å²) in [6.45, 7) is 4.21. The lowest BCUT2D eigenvalue weighted by Crippen LogP contribution is -2.34. The summed E-state index contributed by atoms with van der Waals surface area (Å²) in [6.07, 6.45) is 0.669. The van der Waals surface area contributed by atoms with Gasteiger partial charge in [0.05, 0.1) is 20.3 Å². The molecular weight excluding hydrogens is 268 g/mol. The number of carbonyl (C=O) groups excluding carboxylic acids is 1. The van der Waals surface area contributed by atoms with Gasteiger partial charge in [-0.25, -0.2) is 0 Å². The summed E-state index contributed by atoms with van der Waals surface area (Å²) >= 11 is 0. The maximum Gasteiger partial charge on any atom is 0.237 e. The Morgan fingerprint density at radius 3 is 2.48 bits per heavy atom. The van der Waals surface area contributed by atoms with Gasteiger partial charge in [0.15, 0.2) is 11.5 Å². The third kappa shape index (κ3) is 4.67. The Labute approximate surface area is 125 Å². The van der Waals surface area contributed by atoms with E-state index >= 15 is 0 Å². The molecule has 0 fully saturated rings. The Bertz CT molecular complexity index is 521. The standard InChI is InChI=1S/C16H22N2O3/c1-11(2)13(10-17)16(19)18-8-7-12-5-6-14(20-3)15(9-12)21-4/h5-6,9,11,13H,7-8H2,1-4H3,(H,18,19). The first-order valence-corrected chi connectivity index (χ1v) is 6.91. The Morgan fingerprint density at radius 2 is 1.95 bits per heavy atom. The molecule has 1 unspecified atom stereocenters. The highest BCUT2D eigenvalue weighted by Gasteiger charge is 2.20. The van der Waals surface area contributed by atoms with Crippen LogP contribution in [0.5, 0.6) is 11.5 Å². The van der Waals surface area contributed by atoms with Gasteiger partial charge < -0.3 is 14.8 Å². The van der Waals surface area contributed by atoms with E-state index in [2.05, 4.69) is 5.32 Å². The monoisotopic (exact) mass is 290 g/mol. The Hall–Kier alpha value is -2.22. The number of methoxy groups -OCH3 is 2. The van der Waals surface area contributed by atoms with Crippen LogP contribution in [0.15, 0.2) is 18.2 Å². The highest BCUT2D eigenvalue weighted by molar-refractivity contribution is 5.81. The van der Waals surface area contributed by atoms with Crippen molar-refractivity contribution in [1.82, 2.24) is 5.32 Å². The molecule has 1 rings (SSSR count). The van der Waals surface area contributed by atoms with Gasteiger partial charge in [-0.2, -0.15) is 5.26 Å². The summed E-state index contributed by atoms with van der Waals surface area (Å²) in [6, 6.07) is 7.68. The second-order valence-electron chi connectivity index (χ2n) is 5.08. The van der Waals surface area contributed by atoms with E-state index in [0.29, 0.717) is 24.5 Å². The van der Waals surface area contributed by atoms with Crippen molar-refractivity contribution in [1.29, 1.82) is 5.26 Å². The Morgan fingerprint density at radius 1 is 1.29 bits per heavy atom. The van der Waals surface area contributed by atoms with Gasteiger partial charge in [-0.1, -0.05) is 19.9 Å². The van der Waals surface area contributed by atoms with E-state index in [9.17, 15) is 4.79 Å². The van der Waals surface area contributed by atoms with E-state index in [1.807, 2.05) is 38.1 Å². The van der Waals surface area contributed by atoms with Crippen LogP contribution in [0, 0.1) is 23.2 Å². The summed E-state index contributed by atoms with van der Waals surface area (Å²) in [5, 5.41) is 11.8. The molecule has 0 aliphatic heterocycles.